The molecule has 0 spiro atoms. The predicted molar refractivity (Wildman–Crippen MR) is 88.7 cm³/mol. The minimum Gasteiger partial charge on any atom is -0.346 e. The first-order chi connectivity index (χ1) is 11.1. The Morgan fingerprint density at radius 1 is 1.04 bits per heavy atom. The molecule has 23 heavy (non-hydrogen) atoms. The van der Waals surface area contributed by atoms with Crippen LogP contribution in [-0.2, 0) is 6.54 Å². The first-order valence-corrected chi connectivity index (χ1v) is 7.01. The summed E-state index contributed by atoms with van der Waals surface area (Å²) in [6.45, 7) is 7.48. The third kappa shape index (κ3) is 4.64. The molecule has 2 amide bonds. The minimum absolute atomic E-state index is 0.224. The highest BCUT2D eigenvalue weighted by Gasteiger charge is 2.09. The van der Waals surface area contributed by atoms with Gasteiger partial charge in [0.05, 0.1) is 12.2 Å². The second-order valence-corrected chi connectivity index (χ2v) is 4.76. The summed E-state index contributed by atoms with van der Waals surface area (Å²) in [5.74, 6) is -0.520. The normalized spacial score (nSPS) is 9.74. The number of amides is 2. The quantitative estimate of drug-likeness (QED) is 0.805. The Balaban J connectivity index is 1.96. The molecule has 1 heterocycles. The van der Waals surface area contributed by atoms with Gasteiger partial charge in [-0.25, -0.2) is 0 Å². The molecule has 1 aromatic carbocycles. The number of nitrogens with zero attached hydrogens (tertiary/aromatic N) is 1. The lowest BCUT2D eigenvalue weighted by Gasteiger charge is -2.07. The lowest BCUT2D eigenvalue weighted by molar-refractivity contribution is 0.0944. The summed E-state index contributed by atoms with van der Waals surface area (Å²) in [5, 5.41) is 5.36. The molecule has 0 atom stereocenters. The van der Waals surface area contributed by atoms with E-state index in [0.717, 1.165) is 5.69 Å². The maximum Gasteiger partial charge on any atom is 0.255 e. The average Bonchev–Trinajstić information content (AvgIpc) is 2.60. The van der Waals surface area contributed by atoms with Gasteiger partial charge >= 0.3 is 0 Å². The van der Waals surface area contributed by atoms with E-state index in [9.17, 15) is 9.59 Å². The molecule has 116 valence electrons. The number of rotatable bonds is 6. The SMILES string of the molecule is C=CC(=C)NC(=O)c1ccc(C(=O)NCc2ccccn2)cc1. The monoisotopic (exact) mass is 307 g/mol. The van der Waals surface area contributed by atoms with Gasteiger partial charge < -0.3 is 10.6 Å². The lowest BCUT2D eigenvalue weighted by Crippen LogP contribution is -2.24. The van der Waals surface area contributed by atoms with Crippen molar-refractivity contribution >= 4 is 11.8 Å². The van der Waals surface area contributed by atoms with E-state index in [1.54, 1.807) is 30.5 Å². The predicted octanol–water partition coefficient (Wildman–Crippen LogP) is 2.44. The van der Waals surface area contributed by atoms with E-state index in [2.05, 4.69) is 28.8 Å². The van der Waals surface area contributed by atoms with Crippen LogP contribution in [0.3, 0.4) is 0 Å². The Bertz CT molecular complexity index is 722. The zero-order chi connectivity index (χ0) is 16.7. The van der Waals surface area contributed by atoms with E-state index in [1.165, 1.54) is 6.08 Å². The van der Waals surface area contributed by atoms with E-state index in [-0.39, 0.29) is 11.8 Å². The molecule has 2 rings (SSSR count). The van der Waals surface area contributed by atoms with Crippen molar-refractivity contribution in [2.75, 3.05) is 0 Å². The maximum atomic E-state index is 12.1. The Labute approximate surface area is 134 Å². The fourth-order valence-corrected chi connectivity index (χ4v) is 1.82. The number of nitrogens with one attached hydrogen (secondary N) is 2. The van der Waals surface area contributed by atoms with Gasteiger partial charge in [0.15, 0.2) is 0 Å². The van der Waals surface area contributed by atoms with E-state index < -0.39 is 0 Å². The molecule has 0 unspecified atom stereocenters. The second kappa shape index (κ2) is 7.70. The molecular weight excluding hydrogens is 290 g/mol. The van der Waals surface area contributed by atoms with Crippen molar-refractivity contribution in [2.45, 2.75) is 6.54 Å². The highest BCUT2D eigenvalue weighted by Crippen LogP contribution is 2.06. The van der Waals surface area contributed by atoms with Gasteiger partial charge in [-0.3, -0.25) is 14.6 Å². The maximum absolute atomic E-state index is 12.1. The van der Waals surface area contributed by atoms with Crippen LogP contribution in [0.15, 0.2) is 73.6 Å². The van der Waals surface area contributed by atoms with Crippen LogP contribution >= 0.6 is 0 Å². The molecular formula is C18H17N3O2. The van der Waals surface area contributed by atoms with Crippen LogP contribution in [0.25, 0.3) is 0 Å². The molecule has 5 heteroatoms. The van der Waals surface area contributed by atoms with Crippen molar-refractivity contribution in [3.63, 3.8) is 0 Å². The molecule has 0 fully saturated rings. The van der Waals surface area contributed by atoms with Gasteiger partial charge in [-0.2, -0.15) is 0 Å². The van der Waals surface area contributed by atoms with Gasteiger partial charge in [0, 0.05) is 23.0 Å². The van der Waals surface area contributed by atoms with Crippen molar-refractivity contribution in [2.24, 2.45) is 0 Å². The summed E-state index contributed by atoms with van der Waals surface area (Å²) in [5.41, 5.74) is 2.11. The van der Waals surface area contributed by atoms with Crippen molar-refractivity contribution in [3.8, 4) is 0 Å². The number of carbonyl (C=O) groups excluding carboxylic acids is 2. The first kappa shape index (κ1) is 16.2. The number of hydrogen-bond acceptors (Lipinski definition) is 3. The van der Waals surface area contributed by atoms with Crippen LogP contribution in [-0.4, -0.2) is 16.8 Å². The Morgan fingerprint density at radius 2 is 1.70 bits per heavy atom. The van der Waals surface area contributed by atoms with Crippen molar-refractivity contribution in [3.05, 3.63) is 90.4 Å². The summed E-state index contributed by atoms with van der Waals surface area (Å²) in [6.07, 6.45) is 3.13. The zero-order valence-electron chi connectivity index (χ0n) is 12.6. The number of benzene rings is 1. The summed E-state index contributed by atoms with van der Waals surface area (Å²) >= 11 is 0. The average molecular weight is 307 g/mol. The smallest absolute Gasteiger partial charge is 0.255 e. The van der Waals surface area contributed by atoms with Crippen molar-refractivity contribution in [1.29, 1.82) is 0 Å². The lowest BCUT2D eigenvalue weighted by atomic mass is 10.1. The molecule has 0 aliphatic rings. The number of hydrogen-bond donors (Lipinski definition) is 2. The standard InChI is InChI=1S/C18H17N3O2/c1-3-13(2)21-18(23)15-9-7-14(8-10-15)17(22)20-12-16-6-4-5-11-19-16/h3-11H,1-2,12H2,(H,20,22)(H,21,23). The number of allylic oxidation sites excluding steroid dienone is 1. The summed E-state index contributed by atoms with van der Waals surface area (Å²) < 4.78 is 0. The van der Waals surface area contributed by atoms with Gasteiger partial charge in [-0.15, -0.1) is 0 Å². The molecule has 2 N–H and O–H groups in total. The van der Waals surface area contributed by atoms with Gasteiger partial charge in [0.25, 0.3) is 11.8 Å². The highest BCUT2D eigenvalue weighted by molar-refractivity contribution is 5.98. The van der Waals surface area contributed by atoms with Crippen LogP contribution < -0.4 is 10.6 Å². The zero-order valence-corrected chi connectivity index (χ0v) is 12.6. The van der Waals surface area contributed by atoms with Gasteiger partial charge in [0.2, 0.25) is 0 Å². The van der Waals surface area contributed by atoms with Crippen LogP contribution in [0.2, 0.25) is 0 Å². The third-order valence-electron chi connectivity index (χ3n) is 3.09. The van der Waals surface area contributed by atoms with Crippen LogP contribution in [0.5, 0.6) is 0 Å². The van der Waals surface area contributed by atoms with E-state index in [0.29, 0.717) is 23.4 Å². The van der Waals surface area contributed by atoms with Crippen LogP contribution in [0, 0.1) is 0 Å². The van der Waals surface area contributed by atoms with Gasteiger partial charge in [-0.05, 0) is 42.5 Å². The molecule has 0 aliphatic heterocycles. The fourth-order valence-electron chi connectivity index (χ4n) is 1.82. The van der Waals surface area contributed by atoms with Gasteiger partial charge in [0.1, 0.15) is 0 Å². The first-order valence-electron chi connectivity index (χ1n) is 7.01. The number of aromatic nitrogens is 1. The second-order valence-electron chi connectivity index (χ2n) is 4.76. The van der Waals surface area contributed by atoms with E-state index >= 15 is 0 Å². The molecule has 1 aromatic heterocycles. The number of carbonyl (C=O) groups is 2. The summed E-state index contributed by atoms with van der Waals surface area (Å²) in [7, 11) is 0. The molecule has 0 bridgehead atoms. The Kier molecular flexibility index (Phi) is 5.41. The molecule has 5 nitrogen and oxygen atoms in total. The molecule has 0 saturated carbocycles. The summed E-state index contributed by atoms with van der Waals surface area (Å²) in [4.78, 5) is 28.1. The molecule has 0 saturated heterocycles. The third-order valence-corrected chi connectivity index (χ3v) is 3.09. The van der Waals surface area contributed by atoms with Crippen LogP contribution in [0.1, 0.15) is 26.4 Å². The number of pyridine rings is 1. The topological polar surface area (TPSA) is 71.1 Å². The Morgan fingerprint density at radius 3 is 2.26 bits per heavy atom. The molecule has 0 aliphatic carbocycles. The van der Waals surface area contributed by atoms with Crippen molar-refractivity contribution < 1.29 is 9.59 Å². The minimum atomic E-state index is -0.296. The van der Waals surface area contributed by atoms with E-state index in [1.807, 2.05) is 18.2 Å². The van der Waals surface area contributed by atoms with E-state index in [4.69, 9.17) is 0 Å². The Hall–Kier alpha value is -3.21. The van der Waals surface area contributed by atoms with Crippen molar-refractivity contribution in [1.82, 2.24) is 15.6 Å². The fraction of sp³-hybridized carbons (Fsp3) is 0.0556. The highest BCUT2D eigenvalue weighted by atomic mass is 16.2. The summed E-state index contributed by atoms with van der Waals surface area (Å²) in [6, 6.07) is 11.9. The van der Waals surface area contributed by atoms with Gasteiger partial charge in [-0.1, -0.05) is 19.2 Å². The van der Waals surface area contributed by atoms with Crippen LogP contribution in [0.4, 0.5) is 0 Å². The molecule has 2 aromatic rings. The molecule has 0 radical (unpaired) electrons. The largest absolute Gasteiger partial charge is 0.346 e.